The molecule has 9 nitrogen and oxygen atoms in total. The van der Waals surface area contributed by atoms with Gasteiger partial charge >= 0.3 is 0 Å². The molecular formula is C26H45N5O4S. The summed E-state index contributed by atoms with van der Waals surface area (Å²) in [5, 5.41) is 29.0. The van der Waals surface area contributed by atoms with E-state index in [1.807, 2.05) is 0 Å². The summed E-state index contributed by atoms with van der Waals surface area (Å²) in [5.74, 6) is 0.769. The topological polar surface area (TPSA) is 150 Å². The number of hydrogen-bond acceptors (Lipinski definition) is 8. The summed E-state index contributed by atoms with van der Waals surface area (Å²) in [6, 6.07) is -0.268. The van der Waals surface area contributed by atoms with Gasteiger partial charge in [0, 0.05) is 6.04 Å². The van der Waals surface area contributed by atoms with Crippen molar-refractivity contribution < 1.29 is 18.1 Å². The first-order valence-corrected chi connectivity index (χ1v) is 16.0. The molecule has 5 fully saturated rings. The van der Waals surface area contributed by atoms with E-state index in [2.05, 4.69) is 5.11 Å². The monoisotopic (exact) mass is 523 g/mol. The molecule has 0 saturated heterocycles. The van der Waals surface area contributed by atoms with Gasteiger partial charge in [-0.15, -0.1) is 0 Å². The van der Waals surface area contributed by atoms with Crippen molar-refractivity contribution in [3.63, 3.8) is 0 Å². The molecule has 0 bridgehead atoms. The molecule has 36 heavy (non-hydrogen) atoms. The molecule has 10 unspecified atom stereocenters. The Morgan fingerprint density at radius 3 is 1.92 bits per heavy atom. The van der Waals surface area contributed by atoms with E-state index in [-0.39, 0.29) is 30.0 Å². The van der Waals surface area contributed by atoms with E-state index in [1.165, 1.54) is 32.1 Å². The van der Waals surface area contributed by atoms with Crippen LogP contribution < -0.4 is 5.73 Å². The molecule has 0 spiro atoms. The van der Waals surface area contributed by atoms with Gasteiger partial charge in [-0.2, -0.15) is 28.9 Å². The molecule has 5 aliphatic rings. The van der Waals surface area contributed by atoms with Crippen LogP contribution >= 0.6 is 0 Å². The van der Waals surface area contributed by atoms with Crippen molar-refractivity contribution >= 4 is 10.1 Å². The van der Waals surface area contributed by atoms with E-state index in [9.17, 15) is 18.1 Å². The van der Waals surface area contributed by atoms with E-state index in [0.717, 1.165) is 51.4 Å². The van der Waals surface area contributed by atoms with Crippen LogP contribution in [0.4, 0.5) is 0 Å². The zero-order valence-corrected chi connectivity index (χ0v) is 22.3. The average molecular weight is 524 g/mol. The number of aliphatic hydroxyl groups excluding tert-OH is 1. The number of nitrogens with zero attached hydrogens (tertiary/aromatic N) is 4. The first kappa shape index (κ1) is 26.6. The maximum atomic E-state index is 12.3. The molecule has 5 aliphatic carbocycles. The zero-order valence-electron chi connectivity index (χ0n) is 21.4. The molecule has 4 N–H and O–H groups in total. The normalized spacial score (nSPS) is 45.0. The van der Waals surface area contributed by atoms with Crippen molar-refractivity contribution in [2.24, 2.45) is 49.9 Å². The summed E-state index contributed by atoms with van der Waals surface area (Å²) in [4.78, 5) is 0. The van der Waals surface area contributed by atoms with Crippen LogP contribution in [0.1, 0.15) is 96.3 Å². The van der Waals surface area contributed by atoms with E-state index in [0.29, 0.717) is 30.7 Å². The van der Waals surface area contributed by atoms with Gasteiger partial charge in [-0.25, -0.2) is 0 Å². The Morgan fingerprint density at radius 2 is 1.28 bits per heavy atom. The van der Waals surface area contributed by atoms with Gasteiger partial charge in [-0.05, 0) is 87.9 Å². The Balaban J connectivity index is 1.30. The third kappa shape index (κ3) is 5.86. The highest BCUT2D eigenvalue weighted by molar-refractivity contribution is 7.86. The van der Waals surface area contributed by atoms with Gasteiger partial charge in [-0.1, -0.05) is 32.1 Å². The number of nitrogens with two attached hydrogens (primary N) is 1. The lowest BCUT2D eigenvalue weighted by Gasteiger charge is -2.46. The molecule has 0 amide bonds. The lowest BCUT2D eigenvalue weighted by atomic mass is 9.66. The highest BCUT2D eigenvalue weighted by Crippen LogP contribution is 2.46. The second-order valence-corrected chi connectivity index (χ2v) is 14.0. The molecule has 10 heteroatoms. The van der Waals surface area contributed by atoms with E-state index in [4.69, 9.17) is 21.1 Å². The average Bonchev–Trinajstić information content (AvgIpc) is 2.87. The Hall–Kier alpha value is -0.970. The van der Waals surface area contributed by atoms with Crippen LogP contribution in [0.3, 0.4) is 0 Å². The van der Waals surface area contributed by atoms with Crippen LogP contribution in [0.5, 0.6) is 0 Å². The third-order valence-electron chi connectivity index (χ3n) is 10.1. The van der Waals surface area contributed by atoms with E-state index < -0.39 is 27.5 Å². The number of aliphatic hydroxyl groups is 1. The SMILES string of the molecule is NC1CCC2CC(S(=O)(=O)O)C(N=NC3CCC(N=NC4CCCCC4)C4CCCCC34)C(O)C2C1. The molecule has 0 aromatic rings. The largest absolute Gasteiger partial charge is 0.390 e. The maximum absolute atomic E-state index is 12.3. The number of hydrogen-bond donors (Lipinski definition) is 3. The highest BCUT2D eigenvalue weighted by atomic mass is 32.2. The van der Waals surface area contributed by atoms with Crippen molar-refractivity contribution in [2.75, 3.05) is 0 Å². The maximum Gasteiger partial charge on any atom is 0.270 e. The lowest BCUT2D eigenvalue weighted by Crippen LogP contribution is -2.55. The van der Waals surface area contributed by atoms with Crippen molar-refractivity contribution in [3.8, 4) is 0 Å². The fourth-order valence-corrected chi connectivity index (χ4v) is 9.16. The van der Waals surface area contributed by atoms with Gasteiger partial charge in [0.2, 0.25) is 0 Å². The second kappa shape index (κ2) is 11.4. The predicted octanol–water partition coefficient (Wildman–Crippen LogP) is 4.69. The van der Waals surface area contributed by atoms with Gasteiger partial charge in [0.25, 0.3) is 10.1 Å². The van der Waals surface area contributed by atoms with Crippen molar-refractivity contribution in [2.45, 2.75) is 138 Å². The summed E-state index contributed by atoms with van der Waals surface area (Å²) in [6.45, 7) is 0. The molecule has 10 atom stereocenters. The Labute approximate surface area is 215 Å². The number of fused-ring (bicyclic) bond motifs is 2. The van der Waals surface area contributed by atoms with Crippen LogP contribution in [-0.4, -0.2) is 59.6 Å². The minimum atomic E-state index is -4.35. The highest BCUT2D eigenvalue weighted by Gasteiger charge is 2.51. The molecule has 204 valence electrons. The predicted molar refractivity (Wildman–Crippen MR) is 137 cm³/mol. The van der Waals surface area contributed by atoms with Crippen molar-refractivity contribution in [1.29, 1.82) is 0 Å². The fraction of sp³-hybridized carbons (Fsp3) is 1.00. The van der Waals surface area contributed by atoms with Crippen molar-refractivity contribution in [1.82, 2.24) is 0 Å². The molecule has 5 saturated carbocycles. The molecular weight excluding hydrogens is 478 g/mol. The van der Waals surface area contributed by atoms with Gasteiger partial charge in [0.05, 0.1) is 24.2 Å². The van der Waals surface area contributed by atoms with E-state index in [1.54, 1.807) is 0 Å². The van der Waals surface area contributed by atoms with Crippen LogP contribution in [0.15, 0.2) is 20.5 Å². The summed E-state index contributed by atoms with van der Waals surface area (Å²) in [6.07, 6.45) is 14.1. The Morgan fingerprint density at radius 1 is 0.667 bits per heavy atom. The molecule has 0 aliphatic heterocycles. The Bertz CT molecular complexity index is 908. The molecule has 5 rings (SSSR count). The first-order chi connectivity index (χ1) is 17.3. The quantitative estimate of drug-likeness (QED) is 0.353. The van der Waals surface area contributed by atoms with Crippen LogP contribution in [0, 0.1) is 23.7 Å². The minimum absolute atomic E-state index is 0.0111. The summed E-state index contributed by atoms with van der Waals surface area (Å²) in [7, 11) is -4.35. The molecule has 0 radical (unpaired) electrons. The molecule has 0 heterocycles. The summed E-state index contributed by atoms with van der Waals surface area (Å²) < 4.78 is 34.6. The third-order valence-corrected chi connectivity index (χ3v) is 11.3. The molecule has 0 aromatic carbocycles. The van der Waals surface area contributed by atoms with Gasteiger partial charge < -0.3 is 10.8 Å². The first-order valence-electron chi connectivity index (χ1n) is 14.5. The van der Waals surface area contributed by atoms with Crippen LogP contribution in [0.2, 0.25) is 0 Å². The molecule has 0 aromatic heterocycles. The van der Waals surface area contributed by atoms with Gasteiger partial charge in [0.15, 0.2) is 0 Å². The summed E-state index contributed by atoms with van der Waals surface area (Å²) >= 11 is 0. The van der Waals surface area contributed by atoms with Crippen LogP contribution in [-0.2, 0) is 10.1 Å². The zero-order chi connectivity index (χ0) is 25.3. The van der Waals surface area contributed by atoms with Gasteiger partial charge in [-0.3, -0.25) is 4.55 Å². The van der Waals surface area contributed by atoms with Crippen LogP contribution in [0.25, 0.3) is 0 Å². The summed E-state index contributed by atoms with van der Waals surface area (Å²) in [5.41, 5.74) is 6.17. The van der Waals surface area contributed by atoms with E-state index >= 15 is 0 Å². The lowest BCUT2D eigenvalue weighted by molar-refractivity contribution is -0.00964. The smallest absolute Gasteiger partial charge is 0.270 e. The minimum Gasteiger partial charge on any atom is -0.390 e. The number of rotatable bonds is 5. The standard InChI is InChI=1S/C26H45N5O4S/c27-17-11-10-16-14-24(36(33,34)35)25(26(32)21(16)15-17)31-30-23-13-12-22(19-8-4-5-9-20(19)23)29-28-18-6-2-1-3-7-18/h16-26,32H,1-15,27H2,(H,33,34,35). The fourth-order valence-electron chi connectivity index (χ4n) is 8.10. The van der Waals surface area contributed by atoms with Gasteiger partial charge in [0.1, 0.15) is 11.3 Å². The Kier molecular flexibility index (Phi) is 8.44. The second-order valence-electron chi connectivity index (χ2n) is 12.3. The number of azo groups is 2. The van der Waals surface area contributed by atoms with Crippen molar-refractivity contribution in [3.05, 3.63) is 0 Å².